The van der Waals surface area contributed by atoms with Gasteiger partial charge in [0, 0.05) is 11.6 Å². The molecule has 1 aromatic carbocycles. The van der Waals surface area contributed by atoms with Gasteiger partial charge in [0.15, 0.2) is 11.9 Å². The summed E-state index contributed by atoms with van der Waals surface area (Å²) in [6.45, 7) is -0.440. The second-order valence-electron chi connectivity index (χ2n) is 7.12. The number of methoxy groups -OCH3 is 1. The zero-order valence-corrected chi connectivity index (χ0v) is 16.0. The van der Waals surface area contributed by atoms with E-state index in [1.165, 1.54) is 7.11 Å². The number of nitrogen functional groups attached to an aromatic ring is 1. The molecule has 3 aromatic heterocycles. The van der Waals surface area contributed by atoms with Crippen molar-refractivity contribution in [3.8, 4) is 17.2 Å². The van der Waals surface area contributed by atoms with Crippen molar-refractivity contribution in [2.24, 2.45) is 0 Å². The molecule has 0 radical (unpaired) electrons. The van der Waals surface area contributed by atoms with Crippen molar-refractivity contribution in [1.29, 1.82) is 0 Å². The molecule has 10 heteroatoms. The number of ether oxygens (including phenoxy) is 2. The van der Waals surface area contributed by atoms with Gasteiger partial charge in [0.1, 0.15) is 29.7 Å². The molecule has 1 aliphatic heterocycles. The Hall–Kier alpha value is -3.18. The first kappa shape index (κ1) is 18.8. The Kier molecular flexibility index (Phi) is 4.36. The van der Waals surface area contributed by atoms with Crippen LogP contribution in [0.5, 0.6) is 5.88 Å². The normalized spacial score (nSPS) is 24.1. The standard InChI is InChI=1S/C20H20N4O6/c1-28-18-14-10(12-6-9-4-2-3-5-11(9)29-12)7-24(17(14)22-20(21)23-18)19-16(27)15(26)13(8-25)30-19/h2-7,13,15-16,19,25-27H,8H2,1H3,(H2,21,22,23)/t13-,15-,16-,19-/m1/s1. The largest absolute Gasteiger partial charge is 0.480 e. The number of fused-ring (bicyclic) bond motifs is 2. The summed E-state index contributed by atoms with van der Waals surface area (Å²) in [7, 11) is 1.47. The van der Waals surface area contributed by atoms with Crippen molar-refractivity contribution >= 4 is 28.0 Å². The van der Waals surface area contributed by atoms with Gasteiger partial charge in [0.25, 0.3) is 0 Å². The average Bonchev–Trinajstić information content (AvgIpc) is 3.41. The Labute approximate surface area is 170 Å². The molecule has 30 heavy (non-hydrogen) atoms. The maximum absolute atomic E-state index is 10.5. The van der Waals surface area contributed by atoms with Crippen LogP contribution >= 0.6 is 0 Å². The van der Waals surface area contributed by atoms with Crippen LogP contribution in [0.15, 0.2) is 40.9 Å². The Morgan fingerprint density at radius 2 is 2.00 bits per heavy atom. The number of aromatic nitrogens is 3. The molecule has 0 bridgehead atoms. The van der Waals surface area contributed by atoms with Crippen LogP contribution < -0.4 is 10.5 Å². The monoisotopic (exact) mass is 412 g/mol. The zero-order valence-electron chi connectivity index (χ0n) is 16.0. The third-order valence-corrected chi connectivity index (χ3v) is 5.33. The number of aliphatic hydroxyl groups excluding tert-OH is 3. The van der Waals surface area contributed by atoms with E-state index in [2.05, 4.69) is 9.97 Å². The van der Waals surface area contributed by atoms with E-state index in [9.17, 15) is 15.3 Å². The molecule has 1 aliphatic rings. The predicted octanol–water partition coefficient (Wildman–Crippen LogP) is 1.05. The maximum atomic E-state index is 10.5. The summed E-state index contributed by atoms with van der Waals surface area (Å²) >= 11 is 0. The minimum Gasteiger partial charge on any atom is -0.480 e. The summed E-state index contributed by atoms with van der Waals surface area (Å²) < 4.78 is 18.7. The minimum absolute atomic E-state index is 0.0263. The molecule has 4 atom stereocenters. The van der Waals surface area contributed by atoms with Crippen LogP contribution in [0.2, 0.25) is 0 Å². The molecule has 4 aromatic rings. The lowest BCUT2D eigenvalue weighted by molar-refractivity contribution is -0.0508. The molecular weight excluding hydrogens is 392 g/mol. The first-order valence-corrected chi connectivity index (χ1v) is 9.35. The van der Waals surface area contributed by atoms with Crippen molar-refractivity contribution in [1.82, 2.24) is 14.5 Å². The zero-order chi connectivity index (χ0) is 21.0. The van der Waals surface area contributed by atoms with E-state index in [4.69, 9.17) is 19.6 Å². The number of nitrogens with zero attached hydrogens (tertiary/aromatic N) is 3. The number of anilines is 1. The van der Waals surface area contributed by atoms with E-state index in [1.807, 2.05) is 30.3 Å². The number of benzene rings is 1. The summed E-state index contributed by atoms with van der Waals surface area (Å²) in [6.07, 6.45) is -2.80. The van der Waals surface area contributed by atoms with Crippen molar-refractivity contribution in [2.75, 3.05) is 19.5 Å². The Morgan fingerprint density at radius 1 is 1.20 bits per heavy atom. The first-order valence-electron chi connectivity index (χ1n) is 9.35. The molecule has 1 saturated heterocycles. The highest BCUT2D eigenvalue weighted by atomic mass is 16.6. The number of rotatable bonds is 4. The number of nitrogens with two attached hydrogens (primary N) is 1. The van der Waals surface area contributed by atoms with Crippen molar-refractivity contribution in [3.05, 3.63) is 36.5 Å². The molecule has 0 spiro atoms. The quantitative estimate of drug-likeness (QED) is 0.386. The topological polar surface area (TPSA) is 149 Å². The van der Waals surface area contributed by atoms with E-state index in [1.54, 1.807) is 10.8 Å². The fourth-order valence-corrected chi connectivity index (χ4v) is 3.89. The molecule has 0 saturated carbocycles. The third kappa shape index (κ3) is 2.73. The Bertz CT molecular complexity index is 1200. The fraction of sp³-hybridized carbons (Fsp3) is 0.300. The van der Waals surface area contributed by atoms with Crippen LogP contribution in [0.4, 0.5) is 5.95 Å². The number of aliphatic hydroxyl groups is 3. The summed E-state index contributed by atoms with van der Waals surface area (Å²) in [5.41, 5.74) is 7.51. The third-order valence-electron chi connectivity index (χ3n) is 5.33. The van der Waals surface area contributed by atoms with Crippen molar-refractivity contribution < 1.29 is 29.2 Å². The second kappa shape index (κ2) is 6.96. The van der Waals surface area contributed by atoms with Crippen molar-refractivity contribution in [2.45, 2.75) is 24.5 Å². The van der Waals surface area contributed by atoms with Gasteiger partial charge in [0.05, 0.1) is 24.7 Å². The van der Waals surface area contributed by atoms with E-state index in [-0.39, 0.29) is 11.8 Å². The molecule has 0 amide bonds. The summed E-state index contributed by atoms with van der Waals surface area (Å²) in [5, 5.41) is 31.6. The predicted molar refractivity (Wildman–Crippen MR) is 107 cm³/mol. The van der Waals surface area contributed by atoms with E-state index < -0.39 is 31.1 Å². The van der Waals surface area contributed by atoms with Crippen LogP contribution in [0.1, 0.15) is 6.23 Å². The van der Waals surface area contributed by atoms with Gasteiger partial charge in [-0.2, -0.15) is 9.97 Å². The molecule has 1 fully saturated rings. The molecule has 5 rings (SSSR count). The van der Waals surface area contributed by atoms with Gasteiger partial charge in [-0.05, 0) is 12.1 Å². The lowest BCUT2D eigenvalue weighted by atomic mass is 10.1. The van der Waals surface area contributed by atoms with Gasteiger partial charge in [-0.1, -0.05) is 18.2 Å². The molecular formula is C20H20N4O6. The van der Waals surface area contributed by atoms with Crippen LogP contribution in [0.25, 0.3) is 33.3 Å². The van der Waals surface area contributed by atoms with Gasteiger partial charge in [-0.25, -0.2) is 0 Å². The van der Waals surface area contributed by atoms with Gasteiger partial charge >= 0.3 is 0 Å². The number of hydrogen-bond donors (Lipinski definition) is 4. The van der Waals surface area contributed by atoms with Crippen molar-refractivity contribution in [3.63, 3.8) is 0 Å². The van der Waals surface area contributed by atoms with Gasteiger partial charge in [-0.3, -0.25) is 0 Å². The lowest BCUT2D eigenvalue weighted by Crippen LogP contribution is -2.33. The second-order valence-corrected chi connectivity index (χ2v) is 7.12. The van der Waals surface area contributed by atoms with E-state index in [0.717, 1.165) is 5.39 Å². The molecule has 156 valence electrons. The smallest absolute Gasteiger partial charge is 0.228 e. The number of hydrogen-bond acceptors (Lipinski definition) is 9. The highest BCUT2D eigenvalue weighted by molar-refractivity contribution is 5.99. The van der Waals surface area contributed by atoms with Gasteiger partial charge in [0.2, 0.25) is 11.8 Å². The van der Waals surface area contributed by atoms with Crippen LogP contribution in [0, 0.1) is 0 Å². The SMILES string of the molecule is COc1nc(N)nc2c1c(-c1cc3ccccc3o1)cn2[C@@H]1O[C@H](CO)[C@@H](O)[C@H]1O. The molecule has 0 unspecified atom stereocenters. The molecule has 10 nitrogen and oxygen atoms in total. The number of para-hydroxylation sites is 1. The Morgan fingerprint density at radius 3 is 2.70 bits per heavy atom. The molecule has 0 aliphatic carbocycles. The lowest BCUT2D eigenvalue weighted by Gasteiger charge is -2.17. The summed E-state index contributed by atoms with van der Waals surface area (Å²) in [4.78, 5) is 8.47. The molecule has 4 heterocycles. The number of furan rings is 1. The highest BCUT2D eigenvalue weighted by Crippen LogP contribution is 2.41. The maximum Gasteiger partial charge on any atom is 0.228 e. The van der Waals surface area contributed by atoms with Gasteiger partial charge in [-0.15, -0.1) is 0 Å². The molecule has 5 N–H and O–H groups in total. The first-order chi connectivity index (χ1) is 14.5. The fourth-order valence-electron chi connectivity index (χ4n) is 3.89. The van der Waals surface area contributed by atoms with Crippen LogP contribution in [-0.4, -0.2) is 61.9 Å². The highest BCUT2D eigenvalue weighted by Gasteiger charge is 2.44. The summed E-state index contributed by atoms with van der Waals surface area (Å²) in [6, 6.07) is 9.45. The Balaban J connectivity index is 1.75. The summed E-state index contributed by atoms with van der Waals surface area (Å²) in [5.74, 6) is 0.749. The van der Waals surface area contributed by atoms with Crippen LogP contribution in [0.3, 0.4) is 0 Å². The van der Waals surface area contributed by atoms with E-state index >= 15 is 0 Å². The minimum atomic E-state index is -1.29. The average molecular weight is 412 g/mol. The van der Waals surface area contributed by atoms with E-state index in [0.29, 0.717) is 27.9 Å². The van der Waals surface area contributed by atoms with Crippen LogP contribution in [-0.2, 0) is 4.74 Å². The van der Waals surface area contributed by atoms with Gasteiger partial charge < -0.3 is 39.5 Å².